The van der Waals surface area contributed by atoms with Crippen LogP contribution in [0.15, 0.2) is 30.5 Å². The molecular weight excluding hydrogens is 553 g/mol. The molecule has 0 fully saturated rings. The zero-order valence-electron chi connectivity index (χ0n) is 26.7. The van der Waals surface area contributed by atoms with Gasteiger partial charge in [-0.2, -0.15) is 0 Å². The first kappa shape index (κ1) is 35.9. The largest absolute Gasteiger partial charge is 0.438 e. The number of unbranched alkanes of at least 4 members (excludes halogenated alkanes) is 5. The third kappa shape index (κ3) is 13.3. The predicted octanol–water partition coefficient (Wildman–Crippen LogP) is 7.81. The maximum Gasteiger partial charge on any atom is 0.313 e. The van der Waals surface area contributed by atoms with Gasteiger partial charge in [-0.05, 0) is 71.9 Å². The molecule has 0 saturated heterocycles. The van der Waals surface area contributed by atoms with E-state index in [2.05, 4.69) is 41.2 Å². The molecule has 2 rings (SSSR count). The van der Waals surface area contributed by atoms with Crippen LogP contribution in [0.5, 0.6) is 0 Å². The molecule has 1 heterocycles. The van der Waals surface area contributed by atoms with Gasteiger partial charge in [0, 0.05) is 6.16 Å². The van der Waals surface area contributed by atoms with Crippen LogP contribution < -0.4 is 5.73 Å². The van der Waals surface area contributed by atoms with E-state index in [0.29, 0.717) is 18.4 Å². The third-order valence-electron chi connectivity index (χ3n) is 6.65. The highest BCUT2D eigenvalue weighted by atomic mass is 31.2. The molecule has 9 nitrogen and oxygen atoms in total. The Morgan fingerprint density at radius 2 is 1.43 bits per heavy atom. The molecule has 3 N–H and O–H groups in total. The third-order valence-corrected chi connectivity index (χ3v) is 8.06. The van der Waals surface area contributed by atoms with Gasteiger partial charge in [-0.25, -0.2) is 4.98 Å². The molecule has 0 saturated carbocycles. The number of imidazole rings is 1. The Balaban J connectivity index is 1.90. The zero-order valence-corrected chi connectivity index (χ0v) is 27.6. The number of nitrogens with zero attached hydrogens (tertiary/aromatic N) is 1. The van der Waals surface area contributed by atoms with Crippen LogP contribution in [0, 0.1) is 10.8 Å². The Morgan fingerprint density at radius 1 is 0.881 bits per heavy atom. The number of hydrogen-bond acceptors (Lipinski definition) is 8. The van der Waals surface area contributed by atoms with Crippen LogP contribution in [0.4, 0.5) is 0 Å². The molecule has 10 heteroatoms. The molecule has 0 aliphatic carbocycles. The number of esters is 2. The predicted molar refractivity (Wildman–Crippen MR) is 167 cm³/mol. The van der Waals surface area contributed by atoms with E-state index in [1.54, 1.807) is 47.7 Å². The van der Waals surface area contributed by atoms with E-state index in [4.69, 9.17) is 24.3 Å². The number of H-pyrrole nitrogens is 1. The first-order valence-corrected chi connectivity index (χ1v) is 16.4. The van der Waals surface area contributed by atoms with Gasteiger partial charge in [-0.1, -0.05) is 63.3 Å². The fourth-order valence-electron chi connectivity index (χ4n) is 3.89. The number of hydrogen-bond donors (Lipinski definition) is 2. The lowest BCUT2D eigenvalue weighted by molar-refractivity contribution is -0.161. The average Bonchev–Trinajstić information content (AvgIpc) is 3.43. The van der Waals surface area contributed by atoms with Crippen molar-refractivity contribution in [2.45, 2.75) is 106 Å². The summed E-state index contributed by atoms with van der Waals surface area (Å²) in [4.78, 5) is 32.1. The smallest absolute Gasteiger partial charge is 0.313 e. The number of nitrogens with two attached hydrogens (primary N) is 1. The van der Waals surface area contributed by atoms with Crippen molar-refractivity contribution < 1.29 is 28.1 Å². The van der Waals surface area contributed by atoms with Crippen molar-refractivity contribution in [3.05, 3.63) is 41.9 Å². The maximum absolute atomic E-state index is 12.1. The lowest BCUT2D eigenvalue weighted by Crippen LogP contribution is -2.24. The standard InChI is InChI=1S/C32H52N3O6P/c1-8-9-10-11-12-13-14-24-15-17-25(18-16-24)27-21-34-28(35-27)26(33)19-20-42(40-22-38-29(36)31(2,3)4)41-23-39-30(37)32(5,6)7/h15-18,21,26H,8-14,19-20,22-23,33H2,1-7H3,(H,34,35). The van der Waals surface area contributed by atoms with E-state index in [1.165, 1.54) is 44.1 Å². The summed E-state index contributed by atoms with van der Waals surface area (Å²) in [6, 6.07) is 8.21. The Kier molecular flexibility index (Phi) is 15.1. The van der Waals surface area contributed by atoms with E-state index in [0.717, 1.165) is 17.7 Å². The van der Waals surface area contributed by atoms with Gasteiger partial charge in [-0.3, -0.25) is 18.6 Å². The molecule has 0 amide bonds. The van der Waals surface area contributed by atoms with Crippen LogP contribution in [0.3, 0.4) is 0 Å². The van der Waals surface area contributed by atoms with Crippen molar-refractivity contribution in [1.82, 2.24) is 9.97 Å². The van der Waals surface area contributed by atoms with Crippen molar-refractivity contribution in [2.24, 2.45) is 16.6 Å². The van der Waals surface area contributed by atoms with E-state index in [1.807, 2.05) is 0 Å². The number of carbonyl (C=O) groups is 2. The fourth-order valence-corrected chi connectivity index (χ4v) is 5.05. The van der Waals surface area contributed by atoms with Gasteiger partial charge in [0.2, 0.25) is 0 Å². The summed E-state index contributed by atoms with van der Waals surface area (Å²) >= 11 is 0. The minimum atomic E-state index is -1.54. The number of benzene rings is 1. The van der Waals surface area contributed by atoms with Crippen LogP contribution in [-0.4, -0.2) is 41.7 Å². The topological polar surface area (TPSA) is 126 Å². The number of rotatable bonds is 18. The SMILES string of the molecule is CCCCCCCCc1ccc(-c2cnc(C(N)CCP(OCOC(=O)C(C)(C)C)OCOC(=O)C(C)(C)C)[nH]2)cc1. The molecule has 42 heavy (non-hydrogen) atoms. The highest BCUT2D eigenvalue weighted by Gasteiger charge is 2.26. The molecule has 2 aromatic rings. The monoisotopic (exact) mass is 605 g/mol. The molecule has 1 aromatic heterocycles. The molecule has 0 radical (unpaired) electrons. The summed E-state index contributed by atoms with van der Waals surface area (Å²) in [5, 5.41) is 0. The van der Waals surface area contributed by atoms with Crippen molar-refractivity contribution in [3.63, 3.8) is 0 Å². The summed E-state index contributed by atoms with van der Waals surface area (Å²) in [6.45, 7) is 12.3. The highest BCUT2D eigenvalue weighted by molar-refractivity contribution is 7.47. The quantitative estimate of drug-likeness (QED) is 0.0763. The summed E-state index contributed by atoms with van der Waals surface area (Å²) in [6.07, 6.45) is 11.6. The van der Waals surface area contributed by atoms with E-state index in [-0.39, 0.29) is 25.5 Å². The first-order chi connectivity index (χ1) is 19.8. The highest BCUT2D eigenvalue weighted by Crippen LogP contribution is 2.40. The average molecular weight is 606 g/mol. The van der Waals surface area contributed by atoms with Crippen molar-refractivity contribution >= 4 is 20.3 Å². The second kappa shape index (κ2) is 17.7. The van der Waals surface area contributed by atoms with Crippen LogP contribution in [-0.2, 0) is 34.5 Å². The minimum absolute atomic E-state index is 0.260. The number of aryl methyl sites for hydroxylation is 1. The van der Waals surface area contributed by atoms with E-state index < -0.39 is 25.2 Å². The van der Waals surface area contributed by atoms with Gasteiger partial charge in [0.05, 0.1) is 28.8 Å². The van der Waals surface area contributed by atoms with Crippen LogP contribution in [0.1, 0.15) is 111 Å². The second-order valence-electron chi connectivity index (χ2n) is 12.7. The number of aromatic amines is 1. The molecule has 0 aliphatic heterocycles. The Labute approximate surface area is 253 Å². The Morgan fingerprint density at radius 3 is 1.98 bits per heavy atom. The van der Waals surface area contributed by atoms with Gasteiger partial charge in [0.15, 0.2) is 22.0 Å². The van der Waals surface area contributed by atoms with Crippen LogP contribution in [0.25, 0.3) is 11.3 Å². The van der Waals surface area contributed by atoms with Crippen molar-refractivity contribution in [3.8, 4) is 11.3 Å². The molecule has 0 aliphatic rings. The summed E-state index contributed by atoms with van der Waals surface area (Å²) in [5.41, 5.74) is 8.47. The number of ether oxygens (including phenoxy) is 2. The molecular formula is C32H52N3O6P. The Hall–Kier alpha value is -2.32. The van der Waals surface area contributed by atoms with Crippen LogP contribution in [0.2, 0.25) is 0 Å². The van der Waals surface area contributed by atoms with Gasteiger partial charge in [0.1, 0.15) is 5.82 Å². The Bertz CT molecular complexity index is 1040. The zero-order chi connectivity index (χ0) is 31.2. The van der Waals surface area contributed by atoms with Gasteiger partial charge in [0.25, 0.3) is 0 Å². The molecule has 1 unspecified atom stereocenters. The van der Waals surface area contributed by atoms with Gasteiger partial charge >= 0.3 is 11.9 Å². The molecule has 0 spiro atoms. The van der Waals surface area contributed by atoms with Gasteiger partial charge in [-0.15, -0.1) is 0 Å². The minimum Gasteiger partial charge on any atom is -0.438 e. The van der Waals surface area contributed by atoms with E-state index in [9.17, 15) is 9.59 Å². The van der Waals surface area contributed by atoms with Crippen molar-refractivity contribution in [1.29, 1.82) is 0 Å². The number of carbonyl (C=O) groups excluding carboxylic acids is 2. The van der Waals surface area contributed by atoms with Crippen molar-refractivity contribution in [2.75, 3.05) is 19.7 Å². The summed E-state index contributed by atoms with van der Waals surface area (Å²) in [5.74, 6) is -0.104. The summed E-state index contributed by atoms with van der Waals surface area (Å²) < 4.78 is 21.9. The lowest BCUT2D eigenvalue weighted by Gasteiger charge is -2.22. The normalized spacial score (nSPS) is 12.9. The van der Waals surface area contributed by atoms with Crippen LogP contribution >= 0.6 is 8.38 Å². The molecule has 1 atom stereocenters. The maximum atomic E-state index is 12.1. The molecule has 0 bridgehead atoms. The van der Waals surface area contributed by atoms with E-state index >= 15 is 0 Å². The number of nitrogens with one attached hydrogen (secondary N) is 1. The summed E-state index contributed by atoms with van der Waals surface area (Å²) in [7, 11) is -1.54. The first-order valence-electron chi connectivity index (χ1n) is 15.1. The van der Waals surface area contributed by atoms with Gasteiger partial charge < -0.3 is 20.2 Å². The molecule has 1 aromatic carbocycles. The second-order valence-corrected chi connectivity index (χ2v) is 14.3. The number of aromatic nitrogens is 2. The molecule has 236 valence electrons. The fraction of sp³-hybridized carbons (Fsp3) is 0.656. The lowest BCUT2D eigenvalue weighted by atomic mass is 9.98.